The van der Waals surface area contributed by atoms with Crippen LogP contribution < -0.4 is 0 Å². The molecule has 0 amide bonds. The van der Waals surface area contributed by atoms with Gasteiger partial charge in [-0.2, -0.15) is 0 Å². The zero-order valence-electron chi connectivity index (χ0n) is 58.0. The van der Waals surface area contributed by atoms with Crippen LogP contribution in [0.2, 0.25) is 0 Å². The molecule has 111 heavy (non-hydrogen) atoms. The number of hydrogen-bond donors (Lipinski definition) is 32. The minimum absolute atomic E-state index is 0.916. The molecule has 10 saturated heterocycles. The van der Waals surface area contributed by atoms with Crippen LogP contribution in [0.5, 0.6) is 0 Å². The van der Waals surface area contributed by atoms with Crippen molar-refractivity contribution in [2.75, 3.05) is 66.1 Å². The summed E-state index contributed by atoms with van der Waals surface area (Å²) in [7, 11) is 0. The van der Waals surface area contributed by atoms with Crippen LogP contribution >= 0.6 is 0 Å². The second kappa shape index (κ2) is 39.4. The first kappa shape index (κ1) is 91.3. The Hall–Kier alpha value is -2.04. The molecule has 0 unspecified atom stereocenters. The molecule has 648 valence electrons. The molecule has 10 fully saturated rings. The van der Waals surface area contributed by atoms with Gasteiger partial charge in [-0.05, 0) is 0 Å². The summed E-state index contributed by atoms with van der Waals surface area (Å²) in [4.78, 5) is 0. The molecule has 0 bridgehead atoms. The third-order valence-corrected chi connectivity index (χ3v) is 20.9. The lowest BCUT2D eigenvalue weighted by molar-refractivity contribution is -0.403. The highest BCUT2D eigenvalue weighted by Crippen LogP contribution is 2.41. The lowest BCUT2D eigenvalue weighted by atomic mass is 9.94. The van der Waals surface area contributed by atoms with E-state index in [9.17, 15) is 163 Å². The predicted octanol–water partition coefficient (Wildman–Crippen LogP) is -22.8. The van der Waals surface area contributed by atoms with Crippen molar-refractivity contribution >= 4 is 0 Å². The van der Waals surface area contributed by atoms with E-state index in [1.54, 1.807) is 0 Å². The Morgan fingerprint density at radius 3 is 0.414 bits per heavy atom. The standard InChI is InChI=1S/C60H102O51/c61-1-11-21(71)31(81)32(82)52(94-11)104-43-23(73)13(3-63)96-54(34(43)84)106-45-25(75)15(5-65)98-56(36(45)86)108-47-27(77)17(7-67)100-58(38(47)88)110-49-29(79)19(9-69)102-60(40(49)90)111-50-30(80)20(10-70)101-59(41(50)91)109-48-28(78)18(8-68)99-57(39(48)89)107-46-26(76)16(6-66)97-55(37(46)87)105-44-24(74)14(4-64)95-53(35(44)85)103-42-22(72)12(2-62)93-51(92)33(42)83/h11-92H,1-10H2/t11-,12-,13-,14-,15-,16-,17-,18-,19-,20-,21-,22-,23-,24-,25-,26-,27-,28-,29-,30-,31+,32+,33-,34+,35+,36+,37+,38+,39+,40+,41+,42+,43+,44+,45+,46+,47+,48+,49+,50+,51+,52-,53-,54-,55-,56-,57-,58-,59-,60-/m1/s1. The molecule has 32 N–H and O–H groups in total. The molecule has 10 heterocycles. The fraction of sp³-hybridized carbons (Fsp3) is 1.00. The van der Waals surface area contributed by atoms with Crippen molar-refractivity contribution in [3.8, 4) is 0 Å². The van der Waals surface area contributed by atoms with Crippen LogP contribution in [0.4, 0.5) is 0 Å². The van der Waals surface area contributed by atoms with E-state index in [4.69, 9.17) is 90.0 Å². The molecule has 0 spiro atoms. The van der Waals surface area contributed by atoms with Gasteiger partial charge in [0.15, 0.2) is 62.9 Å². The summed E-state index contributed by atoms with van der Waals surface area (Å²) >= 11 is 0. The van der Waals surface area contributed by atoms with Crippen LogP contribution in [0.1, 0.15) is 0 Å². The van der Waals surface area contributed by atoms with Gasteiger partial charge in [0.1, 0.15) is 244 Å². The molecule has 0 aromatic rings. The molecule has 50 atom stereocenters. The first-order valence-corrected chi connectivity index (χ1v) is 35.2. The summed E-state index contributed by atoms with van der Waals surface area (Å²) < 4.78 is 107. The van der Waals surface area contributed by atoms with Crippen molar-refractivity contribution < 1.29 is 253 Å². The van der Waals surface area contributed by atoms with E-state index in [-0.39, 0.29) is 0 Å². The summed E-state index contributed by atoms with van der Waals surface area (Å²) in [6, 6.07) is 0. The molecule has 10 aliphatic rings. The van der Waals surface area contributed by atoms with Crippen molar-refractivity contribution in [2.24, 2.45) is 0 Å². The van der Waals surface area contributed by atoms with Crippen molar-refractivity contribution in [3.63, 3.8) is 0 Å². The molecule has 51 nitrogen and oxygen atoms in total. The highest BCUT2D eigenvalue weighted by atomic mass is 16.8. The SMILES string of the molecule is OC[C@H]1O[C@H](O[C@@H]2[C@H](O)[C@@H](O[C@@H]3[C@H](O)[C@@H](O[C@@H]4[C@H](O)[C@@H](O[C@@H]5[C@H](O)[C@@H](O[C@@H]6[C@H](O)[C@@H](O[C@@H]7[C@H](O)[C@@H](O[C@@H]8[C@H](O)[C@@H](O[C@@H]9[C@H](O)[C@@H](O[C@@H]%10[C@@H](O)[C@@H](O)O[C@H](CO)[C@H]%10O)O[C@H](CO)[C@H]9O)O[C@H](CO)[C@H]8O)O[C@H](CO)[C@H]7O)O[C@H](CO)[C@H]6O)O[C@H](CO)[C@H]5O)O[C@H](CO)[C@H]4O)O[C@H](CO)[C@H]3O)O[C@H](CO)[C@H]2O)[C@@H](O)[C@@H](O)[C@@H]1O. The van der Waals surface area contributed by atoms with Crippen LogP contribution in [-0.4, -0.2) is 537 Å². The molecule has 10 rings (SSSR count). The quantitative estimate of drug-likeness (QED) is 0.0346. The largest absolute Gasteiger partial charge is 0.394 e. The topological polar surface area (TPSA) is 823 Å². The molecule has 0 saturated carbocycles. The second-order valence-corrected chi connectivity index (χ2v) is 28.0. The maximum absolute atomic E-state index is 11.9. The van der Waals surface area contributed by atoms with Gasteiger partial charge >= 0.3 is 0 Å². The highest BCUT2D eigenvalue weighted by Gasteiger charge is 2.62. The van der Waals surface area contributed by atoms with Gasteiger partial charge in [0.05, 0.1) is 66.1 Å². The average molecular weight is 1640 g/mol. The Balaban J connectivity index is 0.813. The smallest absolute Gasteiger partial charge is 0.187 e. The predicted molar refractivity (Wildman–Crippen MR) is 330 cm³/mol. The van der Waals surface area contributed by atoms with Crippen LogP contribution in [0.25, 0.3) is 0 Å². The minimum atomic E-state index is -2.46. The van der Waals surface area contributed by atoms with Gasteiger partial charge in [0.25, 0.3) is 0 Å². The fourth-order valence-electron chi connectivity index (χ4n) is 14.4. The molecule has 51 heteroatoms. The number of rotatable bonds is 28. The number of ether oxygens (including phenoxy) is 19. The van der Waals surface area contributed by atoms with Crippen molar-refractivity contribution in [2.45, 2.75) is 307 Å². The van der Waals surface area contributed by atoms with E-state index in [1.165, 1.54) is 0 Å². The van der Waals surface area contributed by atoms with Gasteiger partial charge in [-0.25, -0.2) is 0 Å². The Morgan fingerprint density at radius 2 is 0.261 bits per heavy atom. The van der Waals surface area contributed by atoms with E-state index in [0.717, 1.165) is 0 Å². The third-order valence-electron chi connectivity index (χ3n) is 20.9. The summed E-state index contributed by atoms with van der Waals surface area (Å²) in [5.74, 6) is 0. The Kier molecular flexibility index (Phi) is 32.4. The zero-order chi connectivity index (χ0) is 81.4. The van der Waals surface area contributed by atoms with E-state index in [0.29, 0.717) is 0 Å². The summed E-state index contributed by atoms with van der Waals surface area (Å²) in [5, 5.41) is 350. The van der Waals surface area contributed by atoms with Crippen LogP contribution in [0, 0.1) is 0 Å². The molecule has 0 aliphatic carbocycles. The van der Waals surface area contributed by atoms with Gasteiger partial charge in [-0.1, -0.05) is 0 Å². The molecule has 0 aromatic heterocycles. The van der Waals surface area contributed by atoms with Gasteiger partial charge < -0.3 is 253 Å². The maximum atomic E-state index is 11.9. The molecular formula is C60H102O51. The third kappa shape index (κ3) is 18.8. The Labute approximate surface area is 625 Å². The Morgan fingerprint density at radius 1 is 0.135 bits per heavy atom. The van der Waals surface area contributed by atoms with E-state index in [2.05, 4.69) is 0 Å². The lowest BCUT2D eigenvalue weighted by Gasteiger charge is -2.50. The van der Waals surface area contributed by atoms with Crippen molar-refractivity contribution in [1.29, 1.82) is 0 Å². The van der Waals surface area contributed by atoms with Gasteiger partial charge in [-0.3, -0.25) is 0 Å². The summed E-state index contributed by atoms with van der Waals surface area (Å²) in [5.41, 5.74) is 0. The summed E-state index contributed by atoms with van der Waals surface area (Å²) in [6.07, 6.45) is -106. The first-order chi connectivity index (χ1) is 52.7. The van der Waals surface area contributed by atoms with Gasteiger partial charge in [-0.15, -0.1) is 0 Å². The normalized spacial score (nSPS) is 53.7. The van der Waals surface area contributed by atoms with Crippen molar-refractivity contribution in [1.82, 2.24) is 0 Å². The number of hydrogen-bond acceptors (Lipinski definition) is 51. The molecular weight excluding hydrogens is 1540 g/mol. The average Bonchev–Trinajstić information content (AvgIpc) is 0.772. The summed E-state index contributed by atoms with van der Waals surface area (Å²) in [6.45, 7) is -10.9. The monoisotopic (exact) mass is 1640 g/mol. The van der Waals surface area contributed by atoms with Crippen LogP contribution in [-0.2, 0) is 90.0 Å². The highest BCUT2D eigenvalue weighted by molar-refractivity contribution is 5.04. The van der Waals surface area contributed by atoms with Gasteiger partial charge in [0, 0.05) is 0 Å². The van der Waals surface area contributed by atoms with E-state index < -0.39 is 373 Å². The second-order valence-electron chi connectivity index (χ2n) is 28.0. The van der Waals surface area contributed by atoms with E-state index in [1.807, 2.05) is 0 Å². The van der Waals surface area contributed by atoms with Crippen molar-refractivity contribution in [3.05, 3.63) is 0 Å². The minimum Gasteiger partial charge on any atom is -0.394 e. The van der Waals surface area contributed by atoms with Crippen LogP contribution in [0.15, 0.2) is 0 Å². The fourth-order valence-corrected chi connectivity index (χ4v) is 14.4. The van der Waals surface area contributed by atoms with Crippen LogP contribution in [0.3, 0.4) is 0 Å². The lowest BCUT2D eigenvalue weighted by Crippen LogP contribution is -2.69. The number of aliphatic hydroxyl groups is 32. The first-order valence-electron chi connectivity index (χ1n) is 35.2. The van der Waals surface area contributed by atoms with E-state index >= 15 is 0 Å². The molecule has 10 aliphatic heterocycles. The maximum Gasteiger partial charge on any atom is 0.187 e. The molecule has 0 radical (unpaired) electrons. The zero-order valence-corrected chi connectivity index (χ0v) is 58.0. The number of aliphatic hydroxyl groups excluding tert-OH is 32. The van der Waals surface area contributed by atoms with Gasteiger partial charge in [0.2, 0.25) is 0 Å². The molecule has 0 aromatic carbocycles. The Bertz CT molecular complexity index is 2790.